The fourth-order valence-electron chi connectivity index (χ4n) is 4.43. The maximum Gasteiger partial charge on any atom is 0.244 e. The smallest absolute Gasteiger partial charge is 0.244 e. The fraction of sp³-hybridized carbons (Fsp3) is 0.400. The number of rotatable bonds is 2. The van der Waals surface area contributed by atoms with Crippen molar-refractivity contribution in [1.29, 1.82) is 0 Å². The first-order valence-electron chi connectivity index (χ1n) is 7.16. The number of hydrogen-bond donors (Lipinski definition) is 1. The van der Waals surface area contributed by atoms with Gasteiger partial charge in [0.15, 0.2) is 0 Å². The van der Waals surface area contributed by atoms with Gasteiger partial charge in [0.25, 0.3) is 0 Å². The molecule has 4 unspecified atom stereocenters. The zero-order valence-electron chi connectivity index (χ0n) is 11.3. The van der Waals surface area contributed by atoms with Crippen LogP contribution in [0.5, 0.6) is 0 Å². The second-order valence-electron chi connectivity index (χ2n) is 6.52. The van der Waals surface area contributed by atoms with Crippen LogP contribution in [0, 0.1) is 11.8 Å². The van der Waals surface area contributed by atoms with E-state index in [9.17, 15) is 8.42 Å². The molecule has 6 heteroatoms. The average Bonchev–Trinajstić information content (AvgIpc) is 3.03. The minimum absolute atomic E-state index is 0.136. The normalized spacial score (nSPS) is 37.3. The summed E-state index contributed by atoms with van der Waals surface area (Å²) in [5, 5.41) is 1.58. The molecule has 2 N–H and O–H groups in total. The zero-order chi connectivity index (χ0) is 14.4. The maximum atomic E-state index is 13.0. The van der Waals surface area contributed by atoms with E-state index in [2.05, 4.69) is 4.98 Å². The minimum Gasteiger partial charge on any atom is -0.324 e. The van der Waals surface area contributed by atoms with Crippen LogP contribution >= 0.6 is 0 Å². The third-order valence-corrected chi connectivity index (χ3v) is 7.32. The lowest BCUT2D eigenvalue weighted by atomic mass is 9.78. The Morgan fingerprint density at radius 2 is 2.19 bits per heavy atom. The molecule has 1 aromatic carbocycles. The van der Waals surface area contributed by atoms with E-state index in [0.29, 0.717) is 23.3 Å². The number of pyridine rings is 1. The molecule has 1 saturated heterocycles. The van der Waals surface area contributed by atoms with Crippen LogP contribution in [0.2, 0.25) is 0 Å². The summed E-state index contributed by atoms with van der Waals surface area (Å²) < 4.78 is 27.7. The molecular weight excluding hydrogens is 286 g/mol. The number of aromatic nitrogens is 1. The van der Waals surface area contributed by atoms with Gasteiger partial charge in [0.2, 0.25) is 10.0 Å². The monoisotopic (exact) mass is 301 g/mol. The van der Waals surface area contributed by atoms with E-state index in [1.54, 1.807) is 34.9 Å². The number of fused-ring (bicyclic) bond motifs is 2. The average molecular weight is 301 g/mol. The van der Waals surface area contributed by atoms with E-state index < -0.39 is 10.0 Å². The molecule has 4 atom stereocenters. The quantitative estimate of drug-likeness (QED) is 0.896. The van der Waals surface area contributed by atoms with Crippen LogP contribution in [0.25, 0.3) is 10.8 Å². The Kier molecular flexibility index (Phi) is 1.99. The Hall–Kier alpha value is -1.50. The molecule has 2 aliphatic carbocycles. The van der Waals surface area contributed by atoms with Crippen molar-refractivity contribution in [2.24, 2.45) is 17.6 Å². The van der Waals surface area contributed by atoms with Crippen molar-refractivity contribution in [2.45, 2.75) is 22.9 Å². The summed E-state index contributed by atoms with van der Waals surface area (Å²) in [4.78, 5) is 4.43. The van der Waals surface area contributed by atoms with Gasteiger partial charge in [0.1, 0.15) is 0 Å². The van der Waals surface area contributed by atoms with E-state index in [0.717, 1.165) is 17.2 Å². The van der Waals surface area contributed by atoms with Crippen molar-refractivity contribution in [3.8, 4) is 0 Å². The van der Waals surface area contributed by atoms with Crippen molar-refractivity contribution in [3.63, 3.8) is 0 Å². The standard InChI is InChI=1S/C15H15N3O2S/c16-15-6-11-13(15)14(11)18(8-15)21(19,20)12-3-1-2-9-7-17-5-4-10(9)12/h1-5,7,11,13-14H,6,8,16H2. The first-order chi connectivity index (χ1) is 10.0. The molecule has 0 radical (unpaired) electrons. The molecule has 1 aliphatic heterocycles. The van der Waals surface area contributed by atoms with E-state index in [1.165, 1.54) is 0 Å². The highest BCUT2D eigenvalue weighted by molar-refractivity contribution is 7.89. The highest BCUT2D eigenvalue weighted by Gasteiger charge is 2.78. The Labute approximate surface area is 122 Å². The summed E-state index contributed by atoms with van der Waals surface area (Å²) in [6, 6.07) is 7.24. The summed E-state index contributed by atoms with van der Waals surface area (Å²) in [5.41, 5.74) is 6.02. The summed E-state index contributed by atoms with van der Waals surface area (Å²) in [7, 11) is -3.49. The first kappa shape index (κ1) is 12.1. The second kappa shape index (κ2) is 3.45. The predicted molar refractivity (Wildman–Crippen MR) is 77.9 cm³/mol. The zero-order valence-corrected chi connectivity index (χ0v) is 12.1. The third kappa shape index (κ3) is 1.33. The number of benzene rings is 1. The molecule has 3 aliphatic rings. The Bertz CT molecular complexity index is 876. The van der Waals surface area contributed by atoms with Crippen molar-refractivity contribution >= 4 is 20.8 Å². The summed E-state index contributed by atoms with van der Waals surface area (Å²) in [6.07, 6.45) is 4.31. The van der Waals surface area contributed by atoms with Crippen molar-refractivity contribution < 1.29 is 8.42 Å². The Morgan fingerprint density at radius 3 is 2.90 bits per heavy atom. The van der Waals surface area contributed by atoms with Crippen molar-refractivity contribution in [3.05, 3.63) is 36.7 Å². The molecule has 0 amide bonds. The van der Waals surface area contributed by atoms with Gasteiger partial charge >= 0.3 is 0 Å². The topological polar surface area (TPSA) is 76.3 Å². The highest BCUT2D eigenvalue weighted by atomic mass is 32.2. The SMILES string of the molecule is NC12CC3C(C31)N(S(=O)(=O)c1cccc3cnccc13)C2. The molecule has 2 aromatic rings. The molecule has 0 bridgehead atoms. The van der Waals surface area contributed by atoms with Gasteiger partial charge in [-0.2, -0.15) is 4.31 Å². The minimum atomic E-state index is -3.49. The van der Waals surface area contributed by atoms with E-state index in [-0.39, 0.29) is 11.6 Å². The van der Waals surface area contributed by atoms with Gasteiger partial charge in [-0.3, -0.25) is 4.98 Å². The van der Waals surface area contributed by atoms with E-state index in [4.69, 9.17) is 5.73 Å². The molecule has 108 valence electrons. The van der Waals surface area contributed by atoms with Crippen LogP contribution in [0.1, 0.15) is 6.42 Å². The van der Waals surface area contributed by atoms with Crippen LogP contribution in [-0.2, 0) is 10.0 Å². The molecule has 5 nitrogen and oxygen atoms in total. The lowest BCUT2D eigenvalue weighted by Gasteiger charge is -2.39. The largest absolute Gasteiger partial charge is 0.324 e. The van der Waals surface area contributed by atoms with Crippen LogP contribution in [-0.4, -0.2) is 35.8 Å². The second-order valence-corrected chi connectivity index (χ2v) is 8.38. The van der Waals surface area contributed by atoms with Gasteiger partial charge in [0.05, 0.1) is 4.90 Å². The molecule has 5 rings (SSSR count). The molecule has 21 heavy (non-hydrogen) atoms. The maximum absolute atomic E-state index is 13.0. The number of sulfonamides is 1. The van der Waals surface area contributed by atoms with Crippen molar-refractivity contribution in [1.82, 2.24) is 9.29 Å². The number of nitrogens with two attached hydrogens (primary N) is 1. The van der Waals surface area contributed by atoms with Gasteiger partial charge in [-0.1, -0.05) is 12.1 Å². The van der Waals surface area contributed by atoms with E-state index in [1.807, 2.05) is 6.07 Å². The Morgan fingerprint density at radius 1 is 1.33 bits per heavy atom. The van der Waals surface area contributed by atoms with Gasteiger partial charge in [0, 0.05) is 41.3 Å². The van der Waals surface area contributed by atoms with Gasteiger partial charge in [-0.05, 0) is 30.4 Å². The molecule has 2 heterocycles. The lowest BCUT2D eigenvalue weighted by Crippen LogP contribution is -2.56. The summed E-state index contributed by atoms with van der Waals surface area (Å²) in [5.74, 6) is 0.888. The number of piperidine rings is 2. The third-order valence-electron chi connectivity index (χ3n) is 5.42. The molecule has 0 spiro atoms. The first-order valence-corrected chi connectivity index (χ1v) is 8.60. The summed E-state index contributed by atoms with van der Waals surface area (Å²) in [6.45, 7) is 0.461. The highest BCUT2D eigenvalue weighted by Crippen LogP contribution is 2.69. The molecule has 2 saturated carbocycles. The summed E-state index contributed by atoms with van der Waals surface area (Å²) >= 11 is 0. The number of hydrogen-bond acceptors (Lipinski definition) is 4. The molecule has 1 aromatic heterocycles. The van der Waals surface area contributed by atoms with Gasteiger partial charge in [-0.15, -0.1) is 0 Å². The van der Waals surface area contributed by atoms with Crippen molar-refractivity contribution in [2.75, 3.05) is 6.54 Å². The predicted octanol–water partition coefficient (Wildman–Crippen LogP) is 0.955. The van der Waals surface area contributed by atoms with Crippen LogP contribution in [0.4, 0.5) is 0 Å². The van der Waals surface area contributed by atoms with Crippen LogP contribution < -0.4 is 5.73 Å². The van der Waals surface area contributed by atoms with Crippen LogP contribution in [0.15, 0.2) is 41.6 Å². The van der Waals surface area contributed by atoms with Gasteiger partial charge in [-0.25, -0.2) is 8.42 Å². The number of nitrogens with zero attached hydrogens (tertiary/aromatic N) is 2. The molecule has 3 fully saturated rings. The van der Waals surface area contributed by atoms with Crippen LogP contribution in [0.3, 0.4) is 0 Å². The van der Waals surface area contributed by atoms with Gasteiger partial charge < -0.3 is 5.73 Å². The fourth-order valence-corrected chi connectivity index (χ4v) is 6.42. The molecular formula is C15H15N3O2S. The van der Waals surface area contributed by atoms with E-state index >= 15 is 0 Å². The Balaban J connectivity index is 1.66. The lowest BCUT2D eigenvalue weighted by molar-refractivity contribution is 0.190.